The van der Waals surface area contributed by atoms with Crippen LogP contribution in [0.15, 0.2) is 12.1 Å². The first-order chi connectivity index (χ1) is 19.2. The highest BCUT2D eigenvalue weighted by Crippen LogP contribution is 2.55. The Kier molecular flexibility index (Phi) is 7.15. The molecule has 1 aromatic carbocycles. The summed E-state index contributed by atoms with van der Waals surface area (Å²) in [5.41, 5.74) is 3.15. The number of anilines is 1. The van der Waals surface area contributed by atoms with Crippen LogP contribution < -0.4 is 10.6 Å². The van der Waals surface area contributed by atoms with Crippen LogP contribution in [0.1, 0.15) is 61.4 Å². The zero-order chi connectivity index (χ0) is 30.3. The fraction of sp³-hybridized carbons (Fsp3) is 0.633. The number of aliphatic hydroxyl groups excluding tert-OH is 1. The third-order valence-electron chi connectivity index (χ3n) is 10.4. The number of primary amides is 1. The third kappa shape index (κ3) is 3.99. The first kappa shape index (κ1) is 29.3. The van der Waals surface area contributed by atoms with Crippen molar-refractivity contribution in [3.05, 3.63) is 23.3 Å². The topological polar surface area (TPSA) is 179 Å². The van der Waals surface area contributed by atoms with E-state index in [1.807, 2.05) is 11.9 Å². The van der Waals surface area contributed by atoms with E-state index >= 15 is 0 Å². The van der Waals surface area contributed by atoms with Crippen LogP contribution in [-0.2, 0) is 19.2 Å². The van der Waals surface area contributed by atoms with Gasteiger partial charge >= 0.3 is 0 Å². The van der Waals surface area contributed by atoms with Crippen LogP contribution in [0, 0.1) is 29.6 Å². The molecular weight excluding hydrogens is 530 g/mol. The number of phenols is 1. The van der Waals surface area contributed by atoms with Crippen molar-refractivity contribution in [3.63, 3.8) is 0 Å². The predicted molar refractivity (Wildman–Crippen MR) is 147 cm³/mol. The Morgan fingerprint density at radius 1 is 1.00 bits per heavy atom. The van der Waals surface area contributed by atoms with Crippen molar-refractivity contribution < 1.29 is 39.3 Å². The SMILES string of the molecule is CC1CCC(N(C)c2ccc3c(c2O)C(=O)C2C(=O)[C@]4(O)C(=O)C(C(N)=O)C(=O)[C@@H](N(C)C)[C@@H]4[C@@H](O)[C@@H]2[C@H]3C)CC1. The molecule has 5 rings (SSSR count). The van der Waals surface area contributed by atoms with E-state index in [9.17, 15) is 39.3 Å². The molecule has 1 aromatic rings. The summed E-state index contributed by atoms with van der Waals surface area (Å²) in [7, 11) is 4.79. The molecule has 0 heterocycles. The number of carbonyl (C=O) groups is 5. The Hall–Kier alpha value is -3.15. The highest BCUT2D eigenvalue weighted by molar-refractivity contribution is 6.32. The number of nitrogens with two attached hydrogens (primary N) is 1. The Bertz CT molecular complexity index is 1330. The normalized spacial score (nSPS) is 38.8. The van der Waals surface area contributed by atoms with Gasteiger partial charge in [0.25, 0.3) is 0 Å². The predicted octanol–water partition coefficient (Wildman–Crippen LogP) is 0.414. The molecule has 4 aliphatic rings. The molecule has 1 amide bonds. The molecule has 3 saturated carbocycles. The van der Waals surface area contributed by atoms with E-state index in [1.54, 1.807) is 19.1 Å². The number of likely N-dealkylation sites (N-methyl/N-ethyl adjacent to an activating group) is 1. The first-order valence-electron chi connectivity index (χ1n) is 14.3. The van der Waals surface area contributed by atoms with E-state index < -0.39 is 76.4 Å². The summed E-state index contributed by atoms with van der Waals surface area (Å²) < 4.78 is 0. The summed E-state index contributed by atoms with van der Waals surface area (Å²) in [5, 5.41) is 34.9. The zero-order valence-electron chi connectivity index (χ0n) is 24.0. The molecule has 222 valence electrons. The van der Waals surface area contributed by atoms with Crippen molar-refractivity contribution in [3.8, 4) is 5.75 Å². The largest absolute Gasteiger partial charge is 0.505 e. The Balaban J connectivity index is 1.62. The lowest BCUT2D eigenvalue weighted by Gasteiger charge is -2.56. The number of rotatable bonds is 4. The van der Waals surface area contributed by atoms with E-state index in [4.69, 9.17) is 5.73 Å². The van der Waals surface area contributed by atoms with Crippen LogP contribution in [0.3, 0.4) is 0 Å². The molecule has 0 bridgehead atoms. The fourth-order valence-corrected chi connectivity index (χ4v) is 8.09. The summed E-state index contributed by atoms with van der Waals surface area (Å²) in [4.78, 5) is 70.4. The number of aromatic hydroxyl groups is 1. The molecule has 0 spiro atoms. The standard InChI is InChI=1S/C30H39N3O8/c1-12-6-8-14(9-7-12)33(5)16-11-10-15-13(2)17-19(24(35)18(15)23(16)34)27(38)30(41)21(25(17)36)22(32(3)4)26(37)20(28(30)39)29(31)40/h10-14,17,19-22,25,34,36,41H,6-9H2,1-5H3,(H2,31,40)/t12?,13-,14?,17+,19?,20?,21+,22-,25-,30-/m0/s1. The van der Waals surface area contributed by atoms with E-state index in [-0.39, 0.29) is 17.4 Å². The highest BCUT2D eigenvalue weighted by Gasteiger charge is 2.72. The van der Waals surface area contributed by atoms with Gasteiger partial charge in [-0.25, -0.2) is 0 Å². The summed E-state index contributed by atoms with van der Waals surface area (Å²) in [6, 6.07) is 2.22. The quantitative estimate of drug-likeness (QED) is 0.371. The van der Waals surface area contributed by atoms with E-state index in [0.717, 1.165) is 25.7 Å². The number of amides is 1. The fourth-order valence-electron chi connectivity index (χ4n) is 8.09. The summed E-state index contributed by atoms with van der Waals surface area (Å²) >= 11 is 0. The van der Waals surface area contributed by atoms with Crippen LogP contribution in [-0.4, -0.2) is 94.2 Å². The summed E-state index contributed by atoms with van der Waals surface area (Å²) in [5.74, 6) is -12.5. The maximum atomic E-state index is 14.1. The lowest BCUT2D eigenvalue weighted by molar-refractivity contribution is -0.196. The molecule has 11 nitrogen and oxygen atoms in total. The molecule has 3 fully saturated rings. The summed E-state index contributed by atoms with van der Waals surface area (Å²) in [6.07, 6.45) is 2.30. The molecule has 0 aromatic heterocycles. The number of Topliss-reactive ketones (excluding diaryl/α,β-unsaturated/α-hetero) is 4. The summed E-state index contributed by atoms with van der Waals surface area (Å²) in [6.45, 7) is 3.91. The Morgan fingerprint density at radius 2 is 1.61 bits per heavy atom. The average Bonchev–Trinajstić information content (AvgIpc) is 2.90. The van der Waals surface area contributed by atoms with Crippen molar-refractivity contribution >= 4 is 34.7 Å². The van der Waals surface area contributed by atoms with E-state index in [0.29, 0.717) is 17.2 Å². The van der Waals surface area contributed by atoms with Gasteiger partial charge in [-0.3, -0.25) is 28.9 Å². The molecule has 8 atom stereocenters. The van der Waals surface area contributed by atoms with Crippen molar-refractivity contribution in [2.45, 2.75) is 69.2 Å². The van der Waals surface area contributed by atoms with Gasteiger partial charge in [0.05, 0.1) is 35.2 Å². The van der Waals surface area contributed by atoms with Crippen molar-refractivity contribution in [1.82, 2.24) is 4.90 Å². The minimum Gasteiger partial charge on any atom is -0.505 e. The van der Waals surface area contributed by atoms with Gasteiger partial charge in [-0.05, 0) is 63.2 Å². The molecule has 4 aliphatic carbocycles. The van der Waals surface area contributed by atoms with Crippen LogP contribution >= 0.6 is 0 Å². The van der Waals surface area contributed by atoms with Crippen LogP contribution in [0.25, 0.3) is 0 Å². The molecule has 0 radical (unpaired) electrons. The van der Waals surface area contributed by atoms with Crippen molar-refractivity contribution in [2.24, 2.45) is 35.3 Å². The lowest BCUT2D eigenvalue weighted by Crippen LogP contribution is -2.77. The minimum atomic E-state index is -3.00. The first-order valence-corrected chi connectivity index (χ1v) is 14.3. The molecule has 41 heavy (non-hydrogen) atoms. The number of phenolic OH excluding ortho intramolecular Hbond substituents is 1. The second-order valence-electron chi connectivity index (χ2n) is 12.8. The van der Waals surface area contributed by atoms with Crippen LogP contribution in [0.5, 0.6) is 5.75 Å². The zero-order valence-corrected chi connectivity index (χ0v) is 24.0. The number of nitrogens with zero attached hydrogens (tertiary/aromatic N) is 2. The second kappa shape index (κ2) is 9.99. The van der Waals surface area contributed by atoms with Gasteiger partial charge < -0.3 is 26.0 Å². The van der Waals surface area contributed by atoms with Gasteiger partial charge in [-0.15, -0.1) is 0 Å². The number of aliphatic hydroxyl groups is 2. The van der Waals surface area contributed by atoms with Gasteiger partial charge in [-0.1, -0.05) is 19.9 Å². The number of benzene rings is 1. The maximum Gasteiger partial charge on any atom is 0.235 e. The highest BCUT2D eigenvalue weighted by atomic mass is 16.3. The van der Waals surface area contributed by atoms with Crippen molar-refractivity contribution in [2.75, 3.05) is 26.0 Å². The minimum absolute atomic E-state index is 0.0789. The maximum absolute atomic E-state index is 14.1. The number of hydrogen-bond donors (Lipinski definition) is 4. The molecule has 11 heteroatoms. The second-order valence-corrected chi connectivity index (χ2v) is 12.8. The van der Waals surface area contributed by atoms with Gasteiger partial charge in [0.2, 0.25) is 5.91 Å². The molecule has 2 unspecified atom stereocenters. The van der Waals surface area contributed by atoms with Gasteiger partial charge in [-0.2, -0.15) is 0 Å². The average molecular weight is 570 g/mol. The number of fused-ring (bicyclic) bond motifs is 3. The number of hydrogen-bond acceptors (Lipinski definition) is 10. The number of carbonyl (C=O) groups excluding carboxylic acids is 5. The van der Waals surface area contributed by atoms with Crippen LogP contribution in [0.2, 0.25) is 0 Å². The van der Waals surface area contributed by atoms with E-state index in [1.165, 1.54) is 19.0 Å². The lowest BCUT2D eigenvalue weighted by atomic mass is 9.49. The van der Waals surface area contributed by atoms with Crippen LogP contribution in [0.4, 0.5) is 5.69 Å². The van der Waals surface area contributed by atoms with Gasteiger partial charge in [0, 0.05) is 19.0 Å². The molecule has 0 saturated heterocycles. The molecule has 5 N–H and O–H groups in total. The van der Waals surface area contributed by atoms with Crippen molar-refractivity contribution in [1.29, 1.82) is 0 Å². The smallest absolute Gasteiger partial charge is 0.235 e. The Labute approximate surface area is 238 Å². The van der Waals surface area contributed by atoms with Gasteiger partial charge in [0.15, 0.2) is 34.7 Å². The monoisotopic (exact) mass is 569 g/mol. The number of ketones is 4. The van der Waals surface area contributed by atoms with Gasteiger partial charge in [0.1, 0.15) is 5.75 Å². The molecule has 0 aliphatic heterocycles. The van der Waals surface area contributed by atoms with E-state index in [2.05, 4.69) is 6.92 Å². The molecular formula is C30H39N3O8. The third-order valence-corrected chi connectivity index (χ3v) is 10.4. The Morgan fingerprint density at radius 3 is 2.17 bits per heavy atom.